The van der Waals surface area contributed by atoms with E-state index < -0.39 is 0 Å². The predicted molar refractivity (Wildman–Crippen MR) is 91.1 cm³/mol. The lowest BCUT2D eigenvalue weighted by molar-refractivity contribution is 0.0887. The molecule has 0 radical (unpaired) electrons. The molecule has 0 saturated carbocycles. The molecule has 5 rings (SSSR count). The van der Waals surface area contributed by atoms with E-state index in [-0.39, 0.29) is 17.6 Å². The quantitative estimate of drug-likeness (QED) is 0.544. The van der Waals surface area contributed by atoms with Gasteiger partial charge in [-0.1, -0.05) is 58.4 Å². The van der Waals surface area contributed by atoms with Gasteiger partial charge in [-0.05, 0) is 34.0 Å². The maximum atomic E-state index is 13.0. The Kier molecular flexibility index (Phi) is 2.44. The van der Waals surface area contributed by atoms with Crippen LogP contribution in [0.3, 0.4) is 0 Å². The van der Waals surface area contributed by atoms with Gasteiger partial charge in [0.15, 0.2) is 5.43 Å². The molecule has 0 N–H and O–H groups in total. The fourth-order valence-electron chi connectivity index (χ4n) is 3.68. The molecule has 0 spiro atoms. The number of benzene rings is 2. The van der Waals surface area contributed by atoms with Crippen molar-refractivity contribution in [3.05, 3.63) is 80.4 Å². The largest absolute Gasteiger partial charge is 0.357 e. The number of hydrogen-bond donors (Lipinski definition) is 0. The van der Waals surface area contributed by atoms with Crippen LogP contribution < -0.4 is 5.43 Å². The van der Waals surface area contributed by atoms with Gasteiger partial charge in [0.1, 0.15) is 12.2 Å². The molecule has 106 valence electrons. The van der Waals surface area contributed by atoms with E-state index in [1.807, 2.05) is 42.5 Å². The van der Waals surface area contributed by atoms with Gasteiger partial charge in [0.2, 0.25) is 0 Å². The molecule has 0 aromatic heterocycles. The normalized spacial score (nSPS) is 21.7. The fourth-order valence-corrected chi connectivity index (χ4v) is 4.04. The van der Waals surface area contributed by atoms with Crippen LogP contribution in [0.25, 0.3) is 21.5 Å². The van der Waals surface area contributed by atoms with Gasteiger partial charge in [-0.2, -0.15) is 0 Å². The molecule has 22 heavy (non-hydrogen) atoms. The van der Waals surface area contributed by atoms with Crippen molar-refractivity contribution in [2.45, 2.75) is 12.2 Å². The highest BCUT2D eigenvalue weighted by Gasteiger charge is 2.36. The number of ether oxygens (including phenoxy) is 1. The molecule has 2 unspecified atom stereocenters. The van der Waals surface area contributed by atoms with E-state index in [2.05, 4.69) is 28.1 Å². The van der Waals surface area contributed by atoms with E-state index in [1.165, 1.54) is 0 Å². The van der Waals surface area contributed by atoms with Crippen LogP contribution in [0.1, 0.15) is 23.3 Å². The summed E-state index contributed by atoms with van der Waals surface area (Å²) in [5.74, 6) is 0. The zero-order valence-electron chi connectivity index (χ0n) is 11.5. The molecule has 2 heterocycles. The molecule has 0 fully saturated rings. The number of halogens is 1. The van der Waals surface area contributed by atoms with Gasteiger partial charge in [0.25, 0.3) is 0 Å². The van der Waals surface area contributed by atoms with Gasteiger partial charge in [-0.15, -0.1) is 0 Å². The summed E-state index contributed by atoms with van der Waals surface area (Å²) in [6.07, 6.45) is 4.10. The first-order valence-corrected chi connectivity index (χ1v) is 8.05. The summed E-state index contributed by atoms with van der Waals surface area (Å²) in [5, 5.41) is 3.51. The average Bonchev–Trinajstić information content (AvgIpc) is 3.12. The molecule has 2 aliphatic rings. The molecule has 2 aliphatic heterocycles. The fraction of sp³-hybridized carbons (Fsp3) is 0.105. The van der Waals surface area contributed by atoms with Gasteiger partial charge in [-0.3, -0.25) is 4.79 Å². The van der Waals surface area contributed by atoms with E-state index in [0.717, 1.165) is 37.1 Å². The van der Waals surface area contributed by atoms with Crippen molar-refractivity contribution in [3.63, 3.8) is 0 Å². The Labute approximate surface area is 135 Å². The zero-order valence-corrected chi connectivity index (χ0v) is 13.1. The van der Waals surface area contributed by atoms with Crippen molar-refractivity contribution in [2.75, 3.05) is 0 Å². The molecule has 3 aromatic carbocycles. The molecule has 2 bridgehead atoms. The highest BCUT2D eigenvalue weighted by molar-refractivity contribution is 9.10. The second-order valence-electron chi connectivity index (χ2n) is 5.75. The SMILES string of the molecule is O=c1c2ccccc2c2c(c3ccc(Br)cc13)C1C=CC2O1. The summed E-state index contributed by atoms with van der Waals surface area (Å²) >= 11 is 3.48. The van der Waals surface area contributed by atoms with E-state index in [4.69, 9.17) is 4.74 Å². The maximum Gasteiger partial charge on any atom is 0.194 e. The minimum absolute atomic E-state index is 0.0384. The van der Waals surface area contributed by atoms with Crippen LogP contribution in [-0.4, -0.2) is 0 Å². The standard InChI is InChI=1S/C19H11BrO2/c20-10-5-6-12-14(9-10)19(21)13-4-2-1-3-11(13)17-15-7-8-16(22-15)18(12)17/h1-9,15-16H. The van der Waals surface area contributed by atoms with Crippen LogP contribution in [0.4, 0.5) is 0 Å². The monoisotopic (exact) mass is 350 g/mol. The Morgan fingerprint density at radius 2 is 1.45 bits per heavy atom. The molecule has 0 saturated heterocycles. The summed E-state index contributed by atoms with van der Waals surface area (Å²) < 4.78 is 6.96. The lowest BCUT2D eigenvalue weighted by Gasteiger charge is -2.07. The third-order valence-electron chi connectivity index (χ3n) is 4.59. The summed E-state index contributed by atoms with van der Waals surface area (Å²) in [6, 6.07) is 13.8. The van der Waals surface area contributed by atoms with Crippen molar-refractivity contribution >= 4 is 37.5 Å². The second kappa shape index (κ2) is 4.28. The van der Waals surface area contributed by atoms with Crippen LogP contribution in [-0.2, 0) is 4.74 Å². The highest BCUT2D eigenvalue weighted by Crippen LogP contribution is 2.49. The summed E-state index contributed by atoms with van der Waals surface area (Å²) in [6.45, 7) is 0. The van der Waals surface area contributed by atoms with Crippen molar-refractivity contribution in [1.29, 1.82) is 0 Å². The predicted octanol–water partition coefficient (Wildman–Crippen LogP) is 4.80. The molecule has 2 nitrogen and oxygen atoms in total. The van der Waals surface area contributed by atoms with E-state index in [0.29, 0.717) is 0 Å². The first kappa shape index (κ1) is 12.6. The summed E-state index contributed by atoms with van der Waals surface area (Å²) in [4.78, 5) is 13.0. The van der Waals surface area contributed by atoms with Gasteiger partial charge in [0.05, 0.1) is 0 Å². The molecular weight excluding hydrogens is 340 g/mol. The van der Waals surface area contributed by atoms with Crippen molar-refractivity contribution in [3.8, 4) is 0 Å². The third-order valence-corrected chi connectivity index (χ3v) is 5.08. The molecule has 3 aromatic rings. The lowest BCUT2D eigenvalue weighted by atomic mass is 9.93. The highest BCUT2D eigenvalue weighted by atomic mass is 79.9. The minimum Gasteiger partial charge on any atom is -0.357 e. The van der Waals surface area contributed by atoms with Crippen LogP contribution in [0.2, 0.25) is 0 Å². The summed E-state index contributed by atoms with van der Waals surface area (Å²) in [7, 11) is 0. The van der Waals surface area contributed by atoms with E-state index in [1.54, 1.807) is 0 Å². The summed E-state index contributed by atoms with van der Waals surface area (Å²) in [5.41, 5.74) is 2.38. The Hall–Kier alpha value is -1.97. The Morgan fingerprint density at radius 1 is 0.818 bits per heavy atom. The second-order valence-corrected chi connectivity index (χ2v) is 6.67. The Morgan fingerprint density at radius 3 is 2.18 bits per heavy atom. The third kappa shape index (κ3) is 1.50. The Balaban J connectivity index is 2.15. The van der Waals surface area contributed by atoms with Gasteiger partial charge in [0, 0.05) is 15.2 Å². The van der Waals surface area contributed by atoms with Crippen LogP contribution in [0, 0.1) is 0 Å². The first-order chi connectivity index (χ1) is 10.7. The maximum absolute atomic E-state index is 13.0. The van der Waals surface area contributed by atoms with Gasteiger partial charge < -0.3 is 4.74 Å². The lowest BCUT2D eigenvalue weighted by Crippen LogP contribution is -1.99. The molecule has 0 amide bonds. The topological polar surface area (TPSA) is 26.3 Å². The van der Waals surface area contributed by atoms with Gasteiger partial charge >= 0.3 is 0 Å². The van der Waals surface area contributed by atoms with E-state index >= 15 is 0 Å². The smallest absolute Gasteiger partial charge is 0.194 e. The van der Waals surface area contributed by atoms with Crippen molar-refractivity contribution in [1.82, 2.24) is 0 Å². The molecule has 3 heteroatoms. The van der Waals surface area contributed by atoms with Crippen LogP contribution in [0.5, 0.6) is 0 Å². The van der Waals surface area contributed by atoms with Crippen molar-refractivity contribution < 1.29 is 4.74 Å². The minimum atomic E-state index is -0.0427. The zero-order chi connectivity index (χ0) is 14.8. The molecular formula is C19H11BrO2. The van der Waals surface area contributed by atoms with Crippen molar-refractivity contribution in [2.24, 2.45) is 0 Å². The molecule has 0 aliphatic carbocycles. The van der Waals surface area contributed by atoms with E-state index in [9.17, 15) is 4.79 Å². The number of hydrogen-bond acceptors (Lipinski definition) is 2. The average molecular weight is 351 g/mol. The number of fused-ring (bicyclic) bond motifs is 9. The van der Waals surface area contributed by atoms with Crippen LogP contribution >= 0.6 is 15.9 Å². The first-order valence-electron chi connectivity index (χ1n) is 7.26. The molecule has 2 atom stereocenters. The van der Waals surface area contributed by atoms with Gasteiger partial charge in [-0.25, -0.2) is 0 Å². The Bertz CT molecular complexity index is 1050. The number of rotatable bonds is 0. The van der Waals surface area contributed by atoms with Crippen LogP contribution in [0.15, 0.2) is 63.9 Å².